The zero-order valence-electron chi connectivity index (χ0n) is 9.94. The molecule has 1 atom stereocenters. The van der Waals surface area contributed by atoms with Crippen molar-refractivity contribution in [1.82, 2.24) is 4.98 Å². The van der Waals surface area contributed by atoms with E-state index in [0.717, 1.165) is 43.2 Å². The molecule has 1 aliphatic heterocycles. The number of anilines is 2. The van der Waals surface area contributed by atoms with E-state index in [9.17, 15) is 0 Å². The fraction of sp³-hybridized carbons (Fsp3) is 0.583. The summed E-state index contributed by atoms with van der Waals surface area (Å²) in [6.07, 6.45) is 3.19. The number of aromatic nitrogens is 1. The van der Waals surface area contributed by atoms with E-state index in [1.807, 2.05) is 19.2 Å². The Morgan fingerprint density at radius 2 is 2.44 bits per heavy atom. The lowest BCUT2D eigenvalue weighted by molar-refractivity contribution is 0.0382. The van der Waals surface area contributed by atoms with Crippen LogP contribution < -0.4 is 10.6 Å². The molecule has 0 bridgehead atoms. The van der Waals surface area contributed by atoms with E-state index in [-0.39, 0.29) is 0 Å². The molecule has 4 heteroatoms. The molecule has 1 aliphatic rings. The Bertz CT molecular complexity index is 367. The van der Waals surface area contributed by atoms with E-state index in [2.05, 4.69) is 16.8 Å². The maximum absolute atomic E-state index is 5.90. The van der Waals surface area contributed by atoms with Crippen LogP contribution in [0.25, 0.3) is 0 Å². The van der Waals surface area contributed by atoms with Gasteiger partial charge in [-0.3, -0.25) is 0 Å². The molecule has 1 aromatic rings. The van der Waals surface area contributed by atoms with Crippen molar-refractivity contribution in [2.24, 2.45) is 0 Å². The molecule has 4 nitrogen and oxygen atoms in total. The minimum atomic E-state index is 0.318. The highest BCUT2D eigenvalue weighted by Gasteiger charge is 2.20. The van der Waals surface area contributed by atoms with Crippen molar-refractivity contribution in [2.45, 2.75) is 26.4 Å². The first kappa shape index (κ1) is 11.2. The second-order valence-electron chi connectivity index (χ2n) is 4.25. The Kier molecular flexibility index (Phi) is 3.29. The number of nitrogen functional groups attached to an aromatic ring is 1. The molecule has 2 heterocycles. The molecule has 0 unspecified atom stereocenters. The molecule has 1 saturated heterocycles. The summed E-state index contributed by atoms with van der Waals surface area (Å²) in [4.78, 5) is 6.67. The lowest BCUT2D eigenvalue weighted by Crippen LogP contribution is -2.42. The van der Waals surface area contributed by atoms with Crippen molar-refractivity contribution in [1.29, 1.82) is 0 Å². The second-order valence-corrected chi connectivity index (χ2v) is 4.25. The van der Waals surface area contributed by atoms with E-state index in [1.54, 1.807) is 0 Å². The predicted octanol–water partition coefficient (Wildman–Crippen LogP) is 1.59. The third-order valence-electron chi connectivity index (χ3n) is 3.05. The van der Waals surface area contributed by atoms with Gasteiger partial charge in [0.25, 0.3) is 0 Å². The quantitative estimate of drug-likeness (QED) is 0.824. The molecule has 2 rings (SSSR count). The van der Waals surface area contributed by atoms with Crippen LogP contribution in [0.15, 0.2) is 12.3 Å². The summed E-state index contributed by atoms with van der Waals surface area (Å²) in [6.45, 7) is 6.69. The van der Waals surface area contributed by atoms with Crippen LogP contribution in [0, 0.1) is 6.92 Å². The number of nitrogens with two attached hydrogens (primary N) is 1. The van der Waals surface area contributed by atoms with Crippen LogP contribution in [-0.4, -0.2) is 30.8 Å². The molecule has 0 radical (unpaired) electrons. The van der Waals surface area contributed by atoms with Gasteiger partial charge in [0.15, 0.2) is 0 Å². The second kappa shape index (κ2) is 4.70. The van der Waals surface area contributed by atoms with Crippen LogP contribution in [0.5, 0.6) is 0 Å². The summed E-state index contributed by atoms with van der Waals surface area (Å²) in [7, 11) is 0. The zero-order valence-corrected chi connectivity index (χ0v) is 9.94. The van der Waals surface area contributed by atoms with Crippen LogP contribution >= 0.6 is 0 Å². The maximum Gasteiger partial charge on any atom is 0.130 e. The first-order valence-electron chi connectivity index (χ1n) is 5.79. The molecule has 0 saturated carbocycles. The van der Waals surface area contributed by atoms with Gasteiger partial charge < -0.3 is 15.4 Å². The minimum Gasteiger partial charge on any atom is -0.398 e. The molecule has 1 aromatic heterocycles. The van der Waals surface area contributed by atoms with E-state index >= 15 is 0 Å². The highest BCUT2D eigenvalue weighted by molar-refractivity contribution is 5.54. The van der Waals surface area contributed by atoms with Crippen molar-refractivity contribution >= 4 is 11.5 Å². The van der Waals surface area contributed by atoms with Gasteiger partial charge in [0, 0.05) is 31.0 Å². The SMILES string of the molecule is CC[C@H]1CN(c2cc(N)c(C)cn2)CCO1. The molecule has 1 fully saturated rings. The summed E-state index contributed by atoms with van der Waals surface area (Å²) in [5.41, 5.74) is 7.74. The standard InChI is InChI=1S/C12H19N3O/c1-3-10-8-15(4-5-16-10)12-6-11(13)9(2)7-14-12/h6-7,10H,3-5,8H2,1-2H3,(H2,13,14)/t10-/m0/s1. The Morgan fingerprint density at radius 1 is 1.62 bits per heavy atom. The summed E-state index contributed by atoms with van der Waals surface area (Å²) < 4.78 is 5.63. The van der Waals surface area contributed by atoms with Crippen molar-refractivity contribution in [3.63, 3.8) is 0 Å². The summed E-state index contributed by atoms with van der Waals surface area (Å²) >= 11 is 0. The largest absolute Gasteiger partial charge is 0.398 e. The summed E-state index contributed by atoms with van der Waals surface area (Å²) in [6, 6.07) is 1.95. The van der Waals surface area contributed by atoms with E-state index in [1.165, 1.54) is 0 Å². The van der Waals surface area contributed by atoms with Gasteiger partial charge in [0.1, 0.15) is 5.82 Å². The van der Waals surface area contributed by atoms with Gasteiger partial charge in [0.2, 0.25) is 0 Å². The molecule has 16 heavy (non-hydrogen) atoms. The number of ether oxygens (including phenoxy) is 1. The van der Waals surface area contributed by atoms with Gasteiger partial charge >= 0.3 is 0 Å². The molecule has 0 spiro atoms. The number of pyridine rings is 1. The van der Waals surface area contributed by atoms with Gasteiger partial charge in [-0.2, -0.15) is 0 Å². The number of morpholine rings is 1. The summed E-state index contributed by atoms with van der Waals surface area (Å²) in [5.74, 6) is 0.963. The van der Waals surface area contributed by atoms with Crippen LogP contribution in [0.4, 0.5) is 11.5 Å². The Morgan fingerprint density at radius 3 is 3.12 bits per heavy atom. The van der Waals surface area contributed by atoms with Gasteiger partial charge in [-0.15, -0.1) is 0 Å². The topological polar surface area (TPSA) is 51.4 Å². The molecule has 88 valence electrons. The maximum atomic E-state index is 5.90. The fourth-order valence-corrected chi connectivity index (χ4v) is 1.88. The molecule has 0 amide bonds. The Labute approximate surface area is 96.4 Å². The highest BCUT2D eigenvalue weighted by atomic mass is 16.5. The van der Waals surface area contributed by atoms with Crippen molar-refractivity contribution in [3.05, 3.63) is 17.8 Å². The third-order valence-corrected chi connectivity index (χ3v) is 3.05. The third kappa shape index (κ3) is 2.27. The molecule has 2 N–H and O–H groups in total. The predicted molar refractivity (Wildman–Crippen MR) is 65.6 cm³/mol. The van der Waals surface area contributed by atoms with E-state index in [0.29, 0.717) is 6.10 Å². The zero-order chi connectivity index (χ0) is 11.5. The average molecular weight is 221 g/mol. The molecular formula is C12H19N3O. The molecule has 0 aromatic carbocycles. The number of rotatable bonds is 2. The number of hydrogen-bond donors (Lipinski definition) is 1. The monoisotopic (exact) mass is 221 g/mol. The van der Waals surface area contributed by atoms with E-state index in [4.69, 9.17) is 10.5 Å². The van der Waals surface area contributed by atoms with Gasteiger partial charge in [-0.05, 0) is 18.9 Å². The minimum absolute atomic E-state index is 0.318. The van der Waals surface area contributed by atoms with Crippen LogP contribution in [0.3, 0.4) is 0 Å². The lowest BCUT2D eigenvalue weighted by Gasteiger charge is -2.33. The number of aryl methyl sites for hydroxylation is 1. The molecule has 0 aliphatic carbocycles. The Balaban J connectivity index is 2.13. The van der Waals surface area contributed by atoms with Gasteiger partial charge in [0.05, 0.1) is 12.7 Å². The Hall–Kier alpha value is -1.29. The summed E-state index contributed by atoms with van der Waals surface area (Å²) in [5, 5.41) is 0. The fourth-order valence-electron chi connectivity index (χ4n) is 1.88. The number of nitrogens with zero attached hydrogens (tertiary/aromatic N) is 2. The first-order chi connectivity index (χ1) is 7.70. The van der Waals surface area contributed by atoms with Crippen LogP contribution in [0.1, 0.15) is 18.9 Å². The first-order valence-corrected chi connectivity index (χ1v) is 5.79. The van der Waals surface area contributed by atoms with Crippen LogP contribution in [-0.2, 0) is 4.74 Å². The highest BCUT2D eigenvalue weighted by Crippen LogP contribution is 2.20. The lowest BCUT2D eigenvalue weighted by atomic mass is 10.2. The van der Waals surface area contributed by atoms with Crippen molar-refractivity contribution in [3.8, 4) is 0 Å². The normalized spacial score (nSPS) is 21.1. The van der Waals surface area contributed by atoms with Gasteiger partial charge in [-0.1, -0.05) is 6.92 Å². The van der Waals surface area contributed by atoms with Crippen molar-refractivity contribution in [2.75, 3.05) is 30.3 Å². The molecular weight excluding hydrogens is 202 g/mol. The number of hydrogen-bond acceptors (Lipinski definition) is 4. The van der Waals surface area contributed by atoms with E-state index < -0.39 is 0 Å². The average Bonchev–Trinajstić information content (AvgIpc) is 2.33. The smallest absolute Gasteiger partial charge is 0.130 e. The van der Waals surface area contributed by atoms with Crippen molar-refractivity contribution < 1.29 is 4.74 Å². The van der Waals surface area contributed by atoms with Gasteiger partial charge in [-0.25, -0.2) is 4.98 Å². The van der Waals surface area contributed by atoms with Crippen LogP contribution in [0.2, 0.25) is 0 Å².